The molecule has 0 fully saturated rings. The van der Waals surface area contributed by atoms with Crippen LogP contribution in [-0.2, 0) is 6.54 Å². The third-order valence-corrected chi connectivity index (χ3v) is 18.2. The number of nitrogens with one attached hydrogen (secondary N) is 2. The van der Waals surface area contributed by atoms with Crippen LogP contribution in [-0.4, -0.2) is 30.2 Å². The van der Waals surface area contributed by atoms with Crippen molar-refractivity contribution in [2.45, 2.75) is 6.54 Å². The molecule has 0 heterocycles. The molecule has 2 nitrogen and oxygen atoms in total. The van der Waals surface area contributed by atoms with E-state index in [0.717, 1.165) is 12.2 Å². The molecule has 0 atom stereocenters. The Balaban J connectivity index is 1.51. The van der Waals surface area contributed by atoms with Crippen molar-refractivity contribution >= 4 is 68.4 Å². The molecule has 2 N–H and O–H groups in total. The van der Waals surface area contributed by atoms with Crippen molar-refractivity contribution in [3.63, 3.8) is 0 Å². The fourth-order valence-electron chi connectivity index (χ4n) is 4.31. The molecule has 0 unspecified atom stereocenters. The van der Waals surface area contributed by atoms with Gasteiger partial charge < -0.3 is 0 Å². The standard InChI is InChI=1S/C31H28N2P2Se2/c36-34(27-16-5-1-6-17-27,28-18-7-2-8-19-28)32-25-26-15-13-14-24-31(26)33-35(37,29-20-9-3-10-21-29)30-22-11-4-12-23-30/h1-24H,25H2,(H,32,36)(H,33,37). The minimum absolute atomic E-state index is 0.733. The fourth-order valence-corrected chi connectivity index (χ4v) is 12.9. The summed E-state index contributed by atoms with van der Waals surface area (Å²) in [7, 11) is 0. The van der Waals surface area contributed by atoms with Crippen molar-refractivity contribution in [1.29, 1.82) is 0 Å². The molecular formula is C31H28N2P2Se2. The summed E-state index contributed by atoms with van der Waals surface area (Å²) in [5, 5.41) is 13.1. The van der Waals surface area contributed by atoms with Gasteiger partial charge in [0, 0.05) is 0 Å². The Bertz CT molecular complexity index is 1460. The first-order valence-electron chi connectivity index (χ1n) is 12.1. The van der Waals surface area contributed by atoms with E-state index in [2.05, 4.69) is 186 Å². The van der Waals surface area contributed by atoms with Crippen LogP contribution in [0.25, 0.3) is 0 Å². The van der Waals surface area contributed by atoms with E-state index in [-0.39, 0.29) is 0 Å². The van der Waals surface area contributed by atoms with Gasteiger partial charge in [0.15, 0.2) is 0 Å². The molecule has 6 heteroatoms. The van der Waals surface area contributed by atoms with Crippen LogP contribution in [0, 0.1) is 0 Å². The summed E-state index contributed by atoms with van der Waals surface area (Å²) in [6.45, 7) is 0.733. The van der Waals surface area contributed by atoms with Gasteiger partial charge in [-0.3, -0.25) is 0 Å². The summed E-state index contributed by atoms with van der Waals surface area (Å²) >= 11 is 7.20. The average Bonchev–Trinajstić information content (AvgIpc) is 2.98. The first-order chi connectivity index (χ1) is 18.1. The number of benzene rings is 5. The molecule has 184 valence electrons. The third kappa shape index (κ3) is 5.93. The van der Waals surface area contributed by atoms with Crippen LogP contribution in [0.2, 0.25) is 0 Å². The zero-order valence-electron chi connectivity index (χ0n) is 20.3. The van der Waals surface area contributed by atoms with Crippen LogP contribution in [0.15, 0.2) is 146 Å². The van der Waals surface area contributed by atoms with Gasteiger partial charge in [-0.1, -0.05) is 0 Å². The summed E-state index contributed by atoms with van der Waals surface area (Å²) in [4.78, 5) is 0. The molecule has 37 heavy (non-hydrogen) atoms. The predicted octanol–water partition coefficient (Wildman–Crippen LogP) is 5.52. The maximum absolute atomic E-state index is 3.99. The molecule has 0 aliphatic carbocycles. The second kappa shape index (κ2) is 12.1. The van der Waals surface area contributed by atoms with E-state index < -0.39 is 11.3 Å². The molecule has 0 saturated carbocycles. The molecule has 5 aromatic rings. The topological polar surface area (TPSA) is 24.1 Å². The molecule has 0 amide bonds. The summed E-state index contributed by atoms with van der Waals surface area (Å²) in [5.41, 5.74) is -1.56. The van der Waals surface area contributed by atoms with Gasteiger partial charge in [0.1, 0.15) is 0 Å². The molecule has 0 saturated heterocycles. The van der Waals surface area contributed by atoms with Crippen molar-refractivity contribution in [2.24, 2.45) is 0 Å². The van der Waals surface area contributed by atoms with Gasteiger partial charge >= 0.3 is 236 Å². The normalized spacial score (nSPS) is 11.7. The van der Waals surface area contributed by atoms with E-state index in [1.165, 1.54) is 26.8 Å². The second-order valence-electron chi connectivity index (χ2n) is 8.66. The maximum atomic E-state index is 3.99. The van der Waals surface area contributed by atoms with Gasteiger partial charge in [-0.15, -0.1) is 0 Å². The monoisotopic (exact) mass is 650 g/mol. The van der Waals surface area contributed by atoms with Crippen LogP contribution < -0.4 is 31.4 Å². The Morgan fingerprint density at radius 1 is 0.432 bits per heavy atom. The van der Waals surface area contributed by atoms with Crippen LogP contribution >= 0.6 is 11.3 Å². The number of hydrogen-bond acceptors (Lipinski definition) is 2. The van der Waals surface area contributed by atoms with Crippen LogP contribution in [0.4, 0.5) is 5.69 Å². The second-order valence-corrected chi connectivity index (χ2v) is 20.6. The van der Waals surface area contributed by atoms with Crippen molar-refractivity contribution < 1.29 is 0 Å². The Kier molecular flexibility index (Phi) is 8.61. The van der Waals surface area contributed by atoms with E-state index >= 15 is 0 Å². The Labute approximate surface area is 235 Å². The van der Waals surface area contributed by atoms with E-state index in [0.29, 0.717) is 0 Å². The van der Waals surface area contributed by atoms with E-state index in [4.69, 9.17) is 0 Å². The Morgan fingerprint density at radius 2 is 0.784 bits per heavy atom. The summed E-state index contributed by atoms with van der Waals surface area (Å²) < 4.78 is 0. The molecule has 0 aliphatic heterocycles. The predicted molar refractivity (Wildman–Crippen MR) is 167 cm³/mol. The summed E-state index contributed by atoms with van der Waals surface area (Å²) in [6.07, 6.45) is 0. The molecule has 0 radical (unpaired) electrons. The first-order valence-corrected chi connectivity index (χ1v) is 20.1. The Morgan fingerprint density at radius 3 is 1.22 bits per heavy atom. The zero-order valence-corrected chi connectivity index (χ0v) is 25.5. The minimum atomic E-state index is -2.00. The van der Waals surface area contributed by atoms with E-state index in [1.54, 1.807) is 0 Å². The number of para-hydroxylation sites is 1. The molecule has 0 aliphatic rings. The molecule has 0 bridgehead atoms. The Hall–Kier alpha value is -2.24. The van der Waals surface area contributed by atoms with Gasteiger partial charge in [0.25, 0.3) is 0 Å². The van der Waals surface area contributed by atoms with Gasteiger partial charge in [0.05, 0.1) is 0 Å². The average molecular weight is 648 g/mol. The molecule has 0 spiro atoms. The van der Waals surface area contributed by atoms with Crippen molar-refractivity contribution in [3.05, 3.63) is 151 Å². The quantitative estimate of drug-likeness (QED) is 0.163. The van der Waals surface area contributed by atoms with Crippen LogP contribution in [0.1, 0.15) is 5.56 Å². The van der Waals surface area contributed by atoms with Gasteiger partial charge in [-0.2, -0.15) is 0 Å². The van der Waals surface area contributed by atoms with Crippen LogP contribution in [0.3, 0.4) is 0 Å². The van der Waals surface area contributed by atoms with Gasteiger partial charge in [-0.25, -0.2) is 0 Å². The van der Waals surface area contributed by atoms with Crippen molar-refractivity contribution in [1.82, 2.24) is 5.09 Å². The number of rotatable bonds is 9. The third-order valence-electron chi connectivity index (χ3n) is 6.27. The van der Waals surface area contributed by atoms with Crippen molar-refractivity contribution in [3.8, 4) is 0 Å². The number of anilines is 1. The number of hydrogen-bond donors (Lipinski definition) is 2. The van der Waals surface area contributed by atoms with Crippen molar-refractivity contribution in [2.75, 3.05) is 5.09 Å². The summed E-state index contributed by atoms with van der Waals surface area (Å²) in [5.74, 6) is 0. The first kappa shape index (κ1) is 26.4. The zero-order chi connectivity index (χ0) is 25.6. The molecular weight excluding hydrogens is 620 g/mol. The van der Waals surface area contributed by atoms with Gasteiger partial charge in [-0.05, 0) is 0 Å². The van der Waals surface area contributed by atoms with Crippen LogP contribution in [0.5, 0.6) is 0 Å². The fraction of sp³-hybridized carbons (Fsp3) is 0.0323. The molecule has 5 aromatic carbocycles. The van der Waals surface area contributed by atoms with Gasteiger partial charge in [0.2, 0.25) is 0 Å². The molecule has 0 aromatic heterocycles. The van der Waals surface area contributed by atoms with E-state index in [9.17, 15) is 0 Å². The van der Waals surface area contributed by atoms with E-state index in [1.807, 2.05) is 0 Å². The molecule has 5 rings (SSSR count). The SMILES string of the molecule is [Se]=P(NCc1ccccc1NP(=[Se])(c1ccccc1)c1ccccc1)(c1ccccc1)c1ccccc1. The summed E-state index contributed by atoms with van der Waals surface area (Å²) in [6, 6.07) is 51.6.